The Morgan fingerprint density at radius 1 is 1.25 bits per heavy atom. The van der Waals surface area contributed by atoms with Crippen molar-refractivity contribution in [1.82, 2.24) is 20.3 Å². The summed E-state index contributed by atoms with van der Waals surface area (Å²) in [5.74, 6) is 0.545. The SMILES string of the molecule is Cc1cc(C)nc(NC(N)NCCc2cccnc2)n1. The Morgan fingerprint density at radius 2 is 2.00 bits per heavy atom. The number of pyridine rings is 1. The van der Waals surface area contributed by atoms with E-state index in [1.54, 1.807) is 6.20 Å². The number of anilines is 1. The van der Waals surface area contributed by atoms with Crippen LogP contribution >= 0.6 is 0 Å². The quantitative estimate of drug-likeness (QED) is 0.679. The lowest BCUT2D eigenvalue weighted by Gasteiger charge is -2.16. The molecule has 0 amide bonds. The Balaban J connectivity index is 1.79. The van der Waals surface area contributed by atoms with Crippen molar-refractivity contribution in [2.45, 2.75) is 26.6 Å². The van der Waals surface area contributed by atoms with Gasteiger partial charge in [-0.1, -0.05) is 6.07 Å². The van der Waals surface area contributed by atoms with Crippen LogP contribution in [-0.2, 0) is 6.42 Å². The molecular weight excluding hydrogens is 252 g/mol. The number of hydrogen-bond acceptors (Lipinski definition) is 6. The molecule has 1 atom stereocenters. The van der Waals surface area contributed by atoms with Crippen LogP contribution in [0.2, 0.25) is 0 Å². The van der Waals surface area contributed by atoms with Crippen molar-refractivity contribution >= 4 is 5.95 Å². The van der Waals surface area contributed by atoms with E-state index in [-0.39, 0.29) is 6.29 Å². The Morgan fingerprint density at radius 3 is 2.65 bits per heavy atom. The van der Waals surface area contributed by atoms with Gasteiger partial charge in [-0.05, 0) is 38.0 Å². The second kappa shape index (κ2) is 6.93. The van der Waals surface area contributed by atoms with Crippen molar-refractivity contribution in [3.63, 3.8) is 0 Å². The first kappa shape index (κ1) is 14.4. The monoisotopic (exact) mass is 272 g/mol. The van der Waals surface area contributed by atoms with Crippen LogP contribution in [0.15, 0.2) is 30.6 Å². The molecule has 2 rings (SSSR count). The normalized spacial score (nSPS) is 12.2. The smallest absolute Gasteiger partial charge is 0.225 e. The van der Waals surface area contributed by atoms with Crippen molar-refractivity contribution in [3.8, 4) is 0 Å². The Labute approximate surface area is 118 Å². The van der Waals surface area contributed by atoms with Gasteiger partial charge in [-0.15, -0.1) is 0 Å². The maximum Gasteiger partial charge on any atom is 0.225 e. The summed E-state index contributed by atoms with van der Waals surface area (Å²) in [6.45, 7) is 4.62. The number of hydrogen-bond donors (Lipinski definition) is 3. The Hall–Kier alpha value is -2.05. The summed E-state index contributed by atoms with van der Waals surface area (Å²) in [5, 5.41) is 6.22. The maximum absolute atomic E-state index is 5.95. The third-order valence-corrected chi connectivity index (χ3v) is 2.77. The summed E-state index contributed by atoms with van der Waals surface area (Å²) in [6.07, 6.45) is 4.11. The highest BCUT2D eigenvalue weighted by atomic mass is 15.3. The molecule has 2 aromatic rings. The summed E-state index contributed by atoms with van der Waals surface area (Å²) in [6, 6.07) is 5.89. The molecule has 2 aromatic heterocycles. The minimum Gasteiger partial charge on any atom is -0.326 e. The summed E-state index contributed by atoms with van der Waals surface area (Å²) >= 11 is 0. The largest absolute Gasteiger partial charge is 0.326 e. The van der Waals surface area contributed by atoms with E-state index in [1.807, 2.05) is 38.2 Å². The molecule has 0 bridgehead atoms. The first-order valence-corrected chi connectivity index (χ1v) is 6.60. The van der Waals surface area contributed by atoms with E-state index in [2.05, 4.69) is 25.6 Å². The lowest BCUT2D eigenvalue weighted by molar-refractivity contribution is 0.575. The number of aromatic nitrogens is 3. The predicted molar refractivity (Wildman–Crippen MR) is 79.0 cm³/mol. The van der Waals surface area contributed by atoms with Gasteiger partial charge in [0, 0.05) is 30.3 Å². The second-order valence-corrected chi connectivity index (χ2v) is 4.66. The minimum absolute atomic E-state index is 0.382. The number of aryl methyl sites for hydroxylation is 2. The molecular formula is C14H20N6. The van der Waals surface area contributed by atoms with Crippen molar-refractivity contribution in [1.29, 1.82) is 0 Å². The van der Waals surface area contributed by atoms with Gasteiger partial charge in [0.2, 0.25) is 5.95 Å². The van der Waals surface area contributed by atoms with Crippen molar-refractivity contribution in [2.24, 2.45) is 5.73 Å². The molecule has 0 aliphatic rings. The standard InChI is InChI=1S/C14H20N6/c1-10-8-11(2)19-14(18-10)20-13(15)17-7-5-12-4-3-6-16-9-12/h3-4,6,8-9,13,17H,5,7,15H2,1-2H3,(H,18,19,20). The topological polar surface area (TPSA) is 88.8 Å². The summed E-state index contributed by atoms with van der Waals surface area (Å²) in [5.41, 5.74) is 8.97. The zero-order chi connectivity index (χ0) is 14.4. The van der Waals surface area contributed by atoms with Crippen LogP contribution in [0.5, 0.6) is 0 Å². The van der Waals surface area contributed by atoms with E-state index < -0.39 is 0 Å². The predicted octanol–water partition coefficient (Wildman–Crippen LogP) is 0.975. The zero-order valence-corrected chi connectivity index (χ0v) is 11.8. The van der Waals surface area contributed by atoms with Crippen LogP contribution in [0.1, 0.15) is 17.0 Å². The number of nitrogens with two attached hydrogens (primary N) is 1. The van der Waals surface area contributed by atoms with Crippen molar-refractivity contribution in [2.75, 3.05) is 11.9 Å². The van der Waals surface area contributed by atoms with Crippen molar-refractivity contribution < 1.29 is 0 Å². The molecule has 4 N–H and O–H groups in total. The van der Waals surface area contributed by atoms with E-state index in [1.165, 1.54) is 5.56 Å². The first-order valence-electron chi connectivity index (χ1n) is 6.60. The molecule has 0 spiro atoms. The second-order valence-electron chi connectivity index (χ2n) is 4.66. The van der Waals surface area contributed by atoms with Gasteiger partial charge in [-0.2, -0.15) is 0 Å². The molecule has 0 aliphatic heterocycles. The molecule has 0 aliphatic carbocycles. The minimum atomic E-state index is -0.382. The molecule has 0 saturated carbocycles. The maximum atomic E-state index is 5.95. The Kier molecular flexibility index (Phi) is 4.97. The van der Waals surface area contributed by atoms with Crippen LogP contribution in [0.4, 0.5) is 5.95 Å². The lowest BCUT2D eigenvalue weighted by atomic mass is 10.2. The summed E-state index contributed by atoms with van der Waals surface area (Å²) in [7, 11) is 0. The third-order valence-electron chi connectivity index (χ3n) is 2.77. The van der Waals surface area contributed by atoms with Gasteiger partial charge in [-0.3, -0.25) is 16.0 Å². The molecule has 0 fully saturated rings. The van der Waals surface area contributed by atoms with E-state index in [4.69, 9.17) is 5.73 Å². The fourth-order valence-corrected chi connectivity index (χ4v) is 1.90. The zero-order valence-electron chi connectivity index (χ0n) is 11.8. The van der Waals surface area contributed by atoms with Crippen LogP contribution in [0.25, 0.3) is 0 Å². The number of nitrogens with zero attached hydrogens (tertiary/aromatic N) is 3. The van der Waals surface area contributed by atoms with E-state index >= 15 is 0 Å². The van der Waals surface area contributed by atoms with Gasteiger partial charge in [0.1, 0.15) is 6.29 Å². The summed E-state index contributed by atoms with van der Waals surface area (Å²) < 4.78 is 0. The first-order chi connectivity index (χ1) is 9.63. The van der Waals surface area contributed by atoms with Gasteiger partial charge in [-0.25, -0.2) is 9.97 Å². The molecule has 0 radical (unpaired) electrons. The van der Waals surface area contributed by atoms with Gasteiger partial charge in [0.25, 0.3) is 0 Å². The Bertz CT molecular complexity index is 522. The van der Waals surface area contributed by atoms with Gasteiger partial charge in [0.05, 0.1) is 0 Å². The van der Waals surface area contributed by atoms with E-state index in [9.17, 15) is 0 Å². The van der Waals surface area contributed by atoms with Gasteiger partial charge >= 0.3 is 0 Å². The van der Waals surface area contributed by atoms with Crippen LogP contribution in [0.3, 0.4) is 0 Å². The highest BCUT2D eigenvalue weighted by molar-refractivity contribution is 5.28. The average Bonchev–Trinajstić information content (AvgIpc) is 2.38. The van der Waals surface area contributed by atoms with Crippen LogP contribution in [0, 0.1) is 13.8 Å². The lowest BCUT2D eigenvalue weighted by Crippen LogP contribution is -2.45. The number of nitrogens with one attached hydrogen (secondary N) is 2. The van der Waals surface area contributed by atoms with Crippen molar-refractivity contribution in [3.05, 3.63) is 47.5 Å². The fraction of sp³-hybridized carbons (Fsp3) is 0.357. The van der Waals surface area contributed by atoms with Crippen LogP contribution in [-0.4, -0.2) is 27.8 Å². The average molecular weight is 272 g/mol. The molecule has 1 unspecified atom stereocenters. The highest BCUT2D eigenvalue weighted by Crippen LogP contribution is 2.03. The molecule has 2 heterocycles. The van der Waals surface area contributed by atoms with E-state index in [0.29, 0.717) is 5.95 Å². The molecule has 6 heteroatoms. The molecule has 0 saturated heterocycles. The molecule has 106 valence electrons. The van der Waals surface area contributed by atoms with Gasteiger partial charge < -0.3 is 5.32 Å². The molecule has 0 aromatic carbocycles. The van der Waals surface area contributed by atoms with E-state index in [0.717, 1.165) is 24.4 Å². The summed E-state index contributed by atoms with van der Waals surface area (Å²) in [4.78, 5) is 12.7. The fourth-order valence-electron chi connectivity index (χ4n) is 1.90. The highest BCUT2D eigenvalue weighted by Gasteiger charge is 2.04. The van der Waals surface area contributed by atoms with Crippen LogP contribution < -0.4 is 16.4 Å². The van der Waals surface area contributed by atoms with Gasteiger partial charge in [0.15, 0.2) is 0 Å². The molecule has 6 nitrogen and oxygen atoms in total. The number of rotatable bonds is 6. The third kappa shape index (κ3) is 4.56. The molecule has 20 heavy (non-hydrogen) atoms.